The van der Waals surface area contributed by atoms with Crippen LogP contribution in [-0.2, 0) is 0 Å². The van der Waals surface area contributed by atoms with Crippen molar-refractivity contribution in [2.75, 3.05) is 6.54 Å². The summed E-state index contributed by atoms with van der Waals surface area (Å²) in [5.41, 5.74) is 9.03. The summed E-state index contributed by atoms with van der Waals surface area (Å²) in [5.74, 6) is 6.02. The topological polar surface area (TPSA) is 61.7 Å². The van der Waals surface area contributed by atoms with Gasteiger partial charge in [-0.3, -0.25) is 4.98 Å². The lowest BCUT2D eigenvalue weighted by Gasteiger charge is -1.98. The van der Waals surface area contributed by atoms with E-state index in [-0.39, 0.29) is 0 Å². The summed E-state index contributed by atoms with van der Waals surface area (Å²) in [4.78, 5) is 6.82. The van der Waals surface area contributed by atoms with Crippen LogP contribution in [0, 0.1) is 11.8 Å². The molecule has 2 rings (SSSR count). The maximum absolute atomic E-state index is 8.12. The Kier molecular flexibility index (Phi) is 3.59. The molecule has 0 unspecified atom stereocenters. The maximum atomic E-state index is 8.12. The highest BCUT2D eigenvalue weighted by atomic mass is 15.1. The van der Waals surface area contributed by atoms with E-state index >= 15 is 0 Å². The first-order chi connectivity index (χ1) is 8.42. The minimum Gasteiger partial charge on any atom is -0.263 e. The number of hydrogen-bond donors (Lipinski definition) is 0. The first-order valence-electron chi connectivity index (χ1n) is 5.24. The van der Waals surface area contributed by atoms with Gasteiger partial charge in [-0.05, 0) is 5.53 Å². The number of rotatable bonds is 2. The Labute approximate surface area is 98.9 Å². The third-order valence-corrected chi connectivity index (χ3v) is 2.29. The van der Waals surface area contributed by atoms with Crippen LogP contribution in [0.2, 0.25) is 0 Å². The maximum Gasteiger partial charge on any atom is 0.0507 e. The van der Waals surface area contributed by atoms with Crippen LogP contribution in [0.1, 0.15) is 12.0 Å². The van der Waals surface area contributed by atoms with Gasteiger partial charge in [-0.25, -0.2) is 0 Å². The van der Waals surface area contributed by atoms with Crippen LogP contribution < -0.4 is 0 Å². The lowest BCUT2D eigenvalue weighted by atomic mass is 10.1. The second-order valence-corrected chi connectivity index (χ2v) is 3.41. The van der Waals surface area contributed by atoms with Crippen molar-refractivity contribution >= 4 is 10.8 Å². The standard InChI is InChI=1S/C13H10N4/c14-17-16-8-4-3-6-12-10-15-9-11-5-1-2-7-13(11)12/h1-2,5,7,9-10H,4,8H2. The van der Waals surface area contributed by atoms with Crippen LogP contribution in [0.3, 0.4) is 0 Å². The van der Waals surface area contributed by atoms with Crippen LogP contribution in [-0.4, -0.2) is 11.5 Å². The molecule has 0 atom stereocenters. The molecule has 17 heavy (non-hydrogen) atoms. The summed E-state index contributed by atoms with van der Waals surface area (Å²) >= 11 is 0. The van der Waals surface area contributed by atoms with E-state index in [1.807, 2.05) is 30.5 Å². The van der Waals surface area contributed by atoms with Crippen LogP contribution in [0.25, 0.3) is 21.2 Å². The summed E-state index contributed by atoms with van der Waals surface area (Å²) in [7, 11) is 0. The fraction of sp³-hybridized carbons (Fsp3) is 0.154. The molecule has 0 saturated heterocycles. The van der Waals surface area contributed by atoms with Crippen LogP contribution in [0.4, 0.5) is 0 Å². The summed E-state index contributed by atoms with van der Waals surface area (Å²) in [5, 5.41) is 5.60. The Morgan fingerprint density at radius 1 is 1.29 bits per heavy atom. The lowest BCUT2D eigenvalue weighted by molar-refractivity contribution is 1.01. The zero-order valence-corrected chi connectivity index (χ0v) is 9.17. The number of azide groups is 1. The Balaban J connectivity index is 2.26. The Morgan fingerprint density at radius 3 is 3.06 bits per heavy atom. The Bertz CT molecular complexity index is 625. The second-order valence-electron chi connectivity index (χ2n) is 3.41. The van der Waals surface area contributed by atoms with Crippen molar-refractivity contribution in [1.82, 2.24) is 4.98 Å². The fourth-order valence-corrected chi connectivity index (χ4v) is 1.52. The molecule has 4 nitrogen and oxygen atoms in total. The van der Waals surface area contributed by atoms with E-state index in [1.54, 1.807) is 6.20 Å². The van der Waals surface area contributed by atoms with Crippen molar-refractivity contribution in [2.24, 2.45) is 5.11 Å². The molecule has 1 heterocycles. The van der Waals surface area contributed by atoms with Gasteiger partial charge < -0.3 is 0 Å². The molecule has 0 N–H and O–H groups in total. The Morgan fingerprint density at radius 2 is 2.18 bits per heavy atom. The molecule has 82 valence electrons. The predicted octanol–water partition coefficient (Wildman–Crippen LogP) is 3.29. The van der Waals surface area contributed by atoms with Crippen molar-refractivity contribution in [3.8, 4) is 11.8 Å². The number of nitrogens with zero attached hydrogens (tertiary/aromatic N) is 4. The highest BCUT2D eigenvalue weighted by Gasteiger charge is 1.96. The van der Waals surface area contributed by atoms with Gasteiger partial charge in [0, 0.05) is 41.0 Å². The largest absolute Gasteiger partial charge is 0.263 e. The molecule has 1 aromatic heterocycles. The van der Waals surface area contributed by atoms with Gasteiger partial charge in [0.1, 0.15) is 0 Å². The zero-order valence-electron chi connectivity index (χ0n) is 9.17. The molecule has 0 aliphatic carbocycles. The van der Waals surface area contributed by atoms with Crippen LogP contribution in [0.15, 0.2) is 41.8 Å². The first kappa shape index (κ1) is 11.0. The normalized spacial score (nSPS) is 9.18. The van der Waals surface area contributed by atoms with Gasteiger partial charge in [-0.1, -0.05) is 41.2 Å². The molecule has 0 amide bonds. The number of benzene rings is 1. The van der Waals surface area contributed by atoms with E-state index in [0.717, 1.165) is 16.3 Å². The van der Waals surface area contributed by atoms with E-state index in [4.69, 9.17) is 5.53 Å². The van der Waals surface area contributed by atoms with E-state index in [0.29, 0.717) is 13.0 Å². The third-order valence-electron chi connectivity index (χ3n) is 2.29. The first-order valence-corrected chi connectivity index (χ1v) is 5.24. The number of aromatic nitrogens is 1. The van der Waals surface area contributed by atoms with Crippen molar-refractivity contribution < 1.29 is 0 Å². The van der Waals surface area contributed by atoms with Crippen molar-refractivity contribution in [3.63, 3.8) is 0 Å². The van der Waals surface area contributed by atoms with Gasteiger partial charge in [0.2, 0.25) is 0 Å². The molecule has 4 heteroatoms. The Hall–Kier alpha value is -2.50. The van der Waals surface area contributed by atoms with E-state index < -0.39 is 0 Å². The molecule has 1 aromatic carbocycles. The molecular weight excluding hydrogens is 212 g/mol. The van der Waals surface area contributed by atoms with Gasteiger partial charge in [0.05, 0.1) is 5.56 Å². The third kappa shape index (κ3) is 2.75. The van der Waals surface area contributed by atoms with Gasteiger partial charge in [-0.2, -0.15) is 0 Å². The van der Waals surface area contributed by atoms with Crippen molar-refractivity contribution in [2.45, 2.75) is 6.42 Å². The van der Waals surface area contributed by atoms with Gasteiger partial charge in [0.25, 0.3) is 0 Å². The van der Waals surface area contributed by atoms with Gasteiger partial charge >= 0.3 is 0 Å². The zero-order chi connectivity index (χ0) is 11.9. The summed E-state index contributed by atoms with van der Waals surface area (Å²) in [6, 6.07) is 7.98. The molecule has 0 spiro atoms. The minimum atomic E-state index is 0.404. The predicted molar refractivity (Wildman–Crippen MR) is 67.3 cm³/mol. The fourth-order valence-electron chi connectivity index (χ4n) is 1.52. The molecule has 0 saturated carbocycles. The molecular formula is C13H10N4. The SMILES string of the molecule is [N-]=[N+]=NCCC#Cc1cncc2ccccc12. The quantitative estimate of drug-likeness (QED) is 0.253. The van der Waals surface area contributed by atoms with E-state index in [9.17, 15) is 0 Å². The van der Waals surface area contributed by atoms with Crippen molar-refractivity contribution in [1.29, 1.82) is 0 Å². The van der Waals surface area contributed by atoms with Crippen molar-refractivity contribution in [3.05, 3.63) is 52.7 Å². The van der Waals surface area contributed by atoms with E-state index in [1.165, 1.54) is 0 Å². The van der Waals surface area contributed by atoms with Crippen LogP contribution >= 0.6 is 0 Å². The lowest BCUT2D eigenvalue weighted by Crippen LogP contribution is -1.82. The minimum absolute atomic E-state index is 0.404. The molecule has 0 fully saturated rings. The summed E-state index contributed by atoms with van der Waals surface area (Å²) < 4.78 is 0. The number of fused-ring (bicyclic) bond motifs is 1. The molecule has 0 aliphatic rings. The molecule has 0 aliphatic heterocycles. The van der Waals surface area contributed by atoms with Gasteiger partial charge in [-0.15, -0.1) is 0 Å². The number of pyridine rings is 1. The van der Waals surface area contributed by atoms with Gasteiger partial charge in [0.15, 0.2) is 0 Å². The summed E-state index contributed by atoms with van der Waals surface area (Å²) in [6.45, 7) is 0.404. The van der Waals surface area contributed by atoms with E-state index in [2.05, 4.69) is 26.9 Å². The highest BCUT2D eigenvalue weighted by molar-refractivity contribution is 5.87. The van der Waals surface area contributed by atoms with Crippen LogP contribution in [0.5, 0.6) is 0 Å². The second kappa shape index (κ2) is 5.55. The smallest absolute Gasteiger partial charge is 0.0507 e. The highest BCUT2D eigenvalue weighted by Crippen LogP contribution is 2.15. The molecule has 2 aromatic rings. The monoisotopic (exact) mass is 222 g/mol. The molecule has 0 radical (unpaired) electrons. The molecule has 0 bridgehead atoms. The summed E-state index contributed by atoms with van der Waals surface area (Å²) in [6.07, 6.45) is 4.14. The average molecular weight is 222 g/mol. The average Bonchev–Trinajstić information content (AvgIpc) is 2.39. The number of hydrogen-bond acceptors (Lipinski definition) is 2.